The first-order valence-electron chi connectivity index (χ1n) is 8.74. The second kappa shape index (κ2) is 7.55. The maximum atomic E-state index is 12.4. The Kier molecular flexibility index (Phi) is 5.33. The van der Waals surface area contributed by atoms with Crippen molar-refractivity contribution in [3.8, 4) is 11.5 Å². The Morgan fingerprint density at radius 3 is 2.36 bits per heavy atom. The lowest BCUT2D eigenvalue weighted by molar-refractivity contribution is 0.102. The quantitative estimate of drug-likeness (QED) is 0.700. The van der Waals surface area contributed by atoms with Gasteiger partial charge in [-0.15, -0.1) is 5.10 Å². The van der Waals surface area contributed by atoms with E-state index in [4.69, 9.17) is 4.42 Å². The van der Waals surface area contributed by atoms with E-state index >= 15 is 0 Å². The zero-order valence-electron chi connectivity index (χ0n) is 16.1. The first-order valence-corrected chi connectivity index (χ1v) is 10.3. The monoisotopic (exact) mass is 399 g/mol. The molecule has 1 N–H and O–H groups in total. The Morgan fingerprint density at radius 2 is 1.71 bits per heavy atom. The summed E-state index contributed by atoms with van der Waals surface area (Å²) in [4.78, 5) is 12.6. The highest BCUT2D eigenvalue weighted by molar-refractivity contribution is 7.92. The van der Waals surface area contributed by atoms with E-state index < -0.39 is 15.1 Å². The van der Waals surface area contributed by atoms with Gasteiger partial charge in [0, 0.05) is 11.1 Å². The molecule has 1 amide bonds. The van der Waals surface area contributed by atoms with Crippen molar-refractivity contribution in [3.63, 3.8) is 0 Å². The summed E-state index contributed by atoms with van der Waals surface area (Å²) in [5, 5.41) is 9.77. The van der Waals surface area contributed by atoms with Crippen LogP contribution in [0.15, 0.2) is 51.8 Å². The fourth-order valence-corrected chi connectivity index (χ4v) is 3.85. The number of sulfone groups is 1. The molecule has 0 aliphatic heterocycles. The predicted molar refractivity (Wildman–Crippen MR) is 106 cm³/mol. The molecule has 0 unspecified atom stereocenters. The molecule has 0 fully saturated rings. The summed E-state index contributed by atoms with van der Waals surface area (Å²) in [6.07, 6.45) is 0. The Hall–Kier alpha value is -3.00. The van der Waals surface area contributed by atoms with E-state index in [1.807, 2.05) is 19.9 Å². The van der Waals surface area contributed by atoms with Crippen molar-refractivity contribution >= 4 is 21.8 Å². The third kappa shape index (κ3) is 4.12. The number of aryl methyl sites for hydroxylation is 2. The third-order valence-electron chi connectivity index (χ3n) is 4.16. The molecular weight excluding hydrogens is 378 g/mol. The lowest BCUT2D eigenvalue weighted by Gasteiger charge is -2.08. The second-order valence-electron chi connectivity index (χ2n) is 6.86. The van der Waals surface area contributed by atoms with Crippen molar-refractivity contribution < 1.29 is 17.6 Å². The molecule has 7 nitrogen and oxygen atoms in total. The van der Waals surface area contributed by atoms with Crippen LogP contribution in [0.4, 0.5) is 6.01 Å². The van der Waals surface area contributed by atoms with E-state index in [1.165, 1.54) is 12.1 Å². The molecule has 1 aromatic heterocycles. The van der Waals surface area contributed by atoms with Gasteiger partial charge in [0.2, 0.25) is 5.89 Å². The lowest BCUT2D eigenvalue weighted by atomic mass is 10.1. The Bertz CT molecular complexity index is 1110. The normalized spacial score (nSPS) is 11.6. The van der Waals surface area contributed by atoms with Crippen molar-refractivity contribution in [3.05, 3.63) is 59.2 Å². The van der Waals surface area contributed by atoms with Crippen LogP contribution in [-0.2, 0) is 9.84 Å². The van der Waals surface area contributed by atoms with Gasteiger partial charge in [0.1, 0.15) is 0 Å². The smallest absolute Gasteiger partial charge is 0.322 e. The molecule has 0 radical (unpaired) electrons. The maximum Gasteiger partial charge on any atom is 0.322 e. The van der Waals surface area contributed by atoms with Gasteiger partial charge < -0.3 is 4.42 Å². The van der Waals surface area contributed by atoms with Gasteiger partial charge >= 0.3 is 6.01 Å². The topological polar surface area (TPSA) is 102 Å². The van der Waals surface area contributed by atoms with Gasteiger partial charge in [0.05, 0.1) is 10.1 Å². The molecule has 28 heavy (non-hydrogen) atoms. The van der Waals surface area contributed by atoms with E-state index in [-0.39, 0.29) is 22.7 Å². The average Bonchev–Trinajstić information content (AvgIpc) is 3.09. The van der Waals surface area contributed by atoms with Crippen LogP contribution < -0.4 is 5.32 Å². The molecule has 0 bridgehead atoms. The van der Waals surface area contributed by atoms with Crippen molar-refractivity contribution in [2.24, 2.45) is 0 Å². The average molecular weight is 399 g/mol. The largest absolute Gasteiger partial charge is 0.403 e. The highest BCUT2D eigenvalue weighted by atomic mass is 32.2. The molecule has 0 saturated carbocycles. The second-order valence-corrected chi connectivity index (χ2v) is 9.37. The summed E-state index contributed by atoms with van der Waals surface area (Å²) in [5.74, 6) is -0.241. The van der Waals surface area contributed by atoms with Gasteiger partial charge in [-0.05, 0) is 58.0 Å². The molecule has 8 heteroatoms. The number of hydrogen-bond donors (Lipinski definition) is 1. The number of nitrogens with zero attached hydrogens (tertiary/aromatic N) is 2. The molecule has 3 rings (SSSR count). The number of amides is 1. The minimum Gasteiger partial charge on any atom is -0.403 e. The zero-order chi connectivity index (χ0) is 20.5. The standard InChI is InChI=1S/C20H21N3O4S/c1-12(2)28(25,26)17-7-5-6-15(11-17)19-22-23-20(27-19)21-18(24)16-9-13(3)8-14(4)10-16/h5-12H,1-4H3,(H,21,23,24). The SMILES string of the molecule is Cc1cc(C)cc(C(=O)Nc2nnc(-c3cccc(S(=O)(=O)C(C)C)c3)o2)c1. The van der Waals surface area contributed by atoms with Crippen molar-refractivity contribution in [2.45, 2.75) is 37.8 Å². The lowest BCUT2D eigenvalue weighted by Crippen LogP contribution is -2.13. The number of aromatic nitrogens is 2. The summed E-state index contributed by atoms with van der Waals surface area (Å²) in [5.41, 5.74) is 2.89. The highest BCUT2D eigenvalue weighted by Crippen LogP contribution is 2.25. The number of hydrogen-bond acceptors (Lipinski definition) is 6. The van der Waals surface area contributed by atoms with Gasteiger partial charge in [-0.2, -0.15) is 0 Å². The van der Waals surface area contributed by atoms with Crippen LogP contribution in [0.25, 0.3) is 11.5 Å². The van der Waals surface area contributed by atoms with Gasteiger partial charge in [0.25, 0.3) is 5.91 Å². The molecule has 1 heterocycles. The summed E-state index contributed by atoms with van der Waals surface area (Å²) in [7, 11) is -3.42. The summed E-state index contributed by atoms with van der Waals surface area (Å²) in [6, 6.07) is 11.7. The van der Waals surface area contributed by atoms with Crippen molar-refractivity contribution in [1.29, 1.82) is 0 Å². The van der Waals surface area contributed by atoms with Gasteiger partial charge in [0.15, 0.2) is 9.84 Å². The van der Waals surface area contributed by atoms with Crippen LogP contribution in [0, 0.1) is 13.8 Å². The van der Waals surface area contributed by atoms with Crippen LogP contribution >= 0.6 is 0 Å². The van der Waals surface area contributed by atoms with E-state index in [2.05, 4.69) is 15.5 Å². The number of benzene rings is 2. The summed E-state index contributed by atoms with van der Waals surface area (Å²) >= 11 is 0. The Labute approximate surface area is 163 Å². The van der Waals surface area contributed by atoms with Crippen LogP contribution in [0.5, 0.6) is 0 Å². The predicted octanol–water partition coefficient (Wildman–Crippen LogP) is 3.79. The van der Waals surface area contributed by atoms with Gasteiger partial charge in [-0.25, -0.2) is 8.42 Å². The van der Waals surface area contributed by atoms with E-state index in [9.17, 15) is 13.2 Å². The van der Waals surface area contributed by atoms with Gasteiger partial charge in [-0.3, -0.25) is 10.1 Å². The van der Waals surface area contributed by atoms with Crippen LogP contribution in [0.2, 0.25) is 0 Å². The van der Waals surface area contributed by atoms with Crippen LogP contribution in [-0.4, -0.2) is 29.8 Å². The van der Waals surface area contributed by atoms with E-state index in [0.717, 1.165) is 11.1 Å². The molecule has 3 aromatic rings. The van der Waals surface area contributed by atoms with Crippen LogP contribution in [0.3, 0.4) is 0 Å². The van der Waals surface area contributed by atoms with E-state index in [1.54, 1.807) is 38.1 Å². The number of carbonyl (C=O) groups is 1. The van der Waals surface area contributed by atoms with Crippen molar-refractivity contribution in [2.75, 3.05) is 5.32 Å². The first-order chi connectivity index (χ1) is 13.2. The molecule has 146 valence electrons. The summed E-state index contributed by atoms with van der Waals surface area (Å²) < 4.78 is 30.2. The molecule has 0 aliphatic carbocycles. The molecule has 0 spiro atoms. The highest BCUT2D eigenvalue weighted by Gasteiger charge is 2.21. The van der Waals surface area contributed by atoms with Gasteiger partial charge in [-0.1, -0.05) is 28.4 Å². The zero-order valence-corrected chi connectivity index (χ0v) is 16.9. The maximum absolute atomic E-state index is 12.4. The van der Waals surface area contributed by atoms with E-state index in [0.29, 0.717) is 11.1 Å². The fraction of sp³-hybridized carbons (Fsp3) is 0.250. The summed E-state index contributed by atoms with van der Waals surface area (Å²) in [6.45, 7) is 7.06. The Balaban J connectivity index is 1.84. The molecule has 2 aromatic carbocycles. The minimum atomic E-state index is -3.42. The molecular formula is C20H21N3O4S. The molecule has 0 saturated heterocycles. The number of anilines is 1. The molecule has 0 atom stereocenters. The number of nitrogens with one attached hydrogen (secondary N) is 1. The first kappa shape index (κ1) is 19.8. The minimum absolute atomic E-state index is 0.0590. The third-order valence-corrected chi connectivity index (χ3v) is 6.31. The Morgan fingerprint density at radius 1 is 1.04 bits per heavy atom. The fourth-order valence-electron chi connectivity index (χ4n) is 2.74. The molecule has 0 aliphatic rings. The van der Waals surface area contributed by atoms with Crippen LogP contribution in [0.1, 0.15) is 35.3 Å². The van der Waals surface area contributed by atoms with Crippen molar-refractivity contribution in [1.82, 2.24) is 10.2 Å². The number of rotatable bonds is 5. The number of carbonyl (C=O) groups excluding carboxylic acids is 1.